The summed E-state index contributed by atoms with van der Waals surface area (Å²) in [7, 11) is 1.64. The molecule has 0 rings (SSSR count). The number of phosphoric acid groups is 1. The predicted molar refractivity (Wildman–Crippen MR) is 215 cm³/mol. The Hall–Kier alpha value is -1.18. The van der Waals surface area contributed by atoms with E-state index in [9.17, 15) is 14.3 Å². The third kappa shape index (κ3) is 39.9. The largest absolute Gasteiger partial charge is 0.498 e. The standard InChI is InChI=1S/C42H82NO7P/c1-6-8-10-12-14-16-18-20-21-22-24-26-28-30-32-34-37-47-39-41(40-49-51(45,46)48-38-36-43(3,4)5)50-42(44)35-33-31-29-27-25-23-19-17-15-13-11-9-7-2/h16,18,34,37,41H,6-15,17,19-33,35-36,38-40H2,1-5H3/p+1/b18-16-,37-34-/t41-/m1/s1. The molecule has 51 heavy (non-hydrogen) atoms. The Morgan fingerprint density at radius 3 is 1.53 bits per heavy atom. The van der Waals surface area contributed by atoms with E-state index in [2.05, 4.69) is 26.0 Å². The van der Waals surface area contributed by atoms with Gasteiger partial charge in [0, 0.05) is 6.42 Å². The van der Waals surface area contributed by atoms with Gasteiger partial charge in [-0.05, 0) is 51.0 Å². The highest BCUT2D eigenvalue weighted by Crippen LogP contribution is 2.43. The van der Waals surface area contributed by atoms with Crippen molar-refractivity contribution >= 4 is 13.8 Å². The topological polar surface area (TPSA) is 91.3 Å². The molecule has 1 N–H and O–H groups in total. The second kappa shape index (κ2) is 35.8. The maximum absolute atomic E-state index is 12.6. The summed E-state index contributed by atoms with van der Waals surface area (Å²) in [6.45, 7) is 4.92. The molecule has 0 saturated carbocycles. The molecule has 0 saturated heterocycles. The van der Waals surface area contributed by atoms with Crippen LogP contribution >= 0.6 is 7.82 Å². The highest BCUT2D eigenvalue weighted by Gasteiger charge is 2.26. The minimum absolute atomic E-state index is 0.0485. The fourth-order valence-corrected chi connectivity index (χ4v) is 6.49. The zero-order chi connectivity index (χ0) is 37.7. The number of nitrogens with zero attached hydrogens (tertiary/aromatic N) is 1. The normalized spacial score (nSPS) is 14.0. The molecular weight excluding hydrogens is 661 g/mol. The first-order valence-electron chi connectivity index (χ1n) is 21.1. The molecule has 302 valence electrons. The van der Waals surface area contributed by atoms with Crippen LogP contribution in [0.4, 0.5) is 0 Å². The van der Waals surface area contributed by atoms with Crippen LogP contribution in [0.2, 0.25) is 0 Å². The molecule has 0 radical (unpaired) electrons. The van der Waals surface area contributed by atoms with Gasteiger partial charge in [-0.15, -0.1) is 0 Å². The third-order valence-corrected chi connectivity index (χ3v) is 10.1. The minimum Gasteiger partial charge on any atom is -0.498 e. The van der Waals surface area contributed by atoms with Crippen molar-refractivity contribution in [3.63, 3.8) is 0 Å². The van der Waals surface area contributed by atoms with Crippen LogP contribution in [0.15, 0.2) is 24.5 Å². The van der Waals surface area contributed by atoms with Gasteiger partial charge >= 0.3 is 13.8 Å². The van der Waals surface area contributed by atoms with Crippen LogP contribution < -0.4 is 0 Å². The molecular formula is C42H83NO7P+. The Bertz CT molecular complexity index is 874. The number of carbonyl (C=O) groups is 1. The number of allylic oxidation sites excluding steroid dienone is 3. The number of phosphoric ester groups is 1. The van der Waals surface area contributed by atoms with E-state index >= 15 is 0 Å². The van der Waals surface area contributed by atoms with Crippen LogP contribution in [0.25, 0.3) is 0 Å². The lowest BCUT2D eigenvalue weighted by Crippen LogP contribution is -2.37. The van der Waals surface area contributed by atoms with Crippen LogP contribution in [-0.2, 0) is 27.9 Å². The number of esters is 1. The molecule has 8 nitrogen and oxygen atoms in total. The van der Waals surface area contributed by atoms with Crippen molar-refractivity contribution in [1.29, 1.82) is 0 Å². The summed E-state index contributed by atoms with van der Waals surface area (Å²) in [5, 5.41) is 0. The molecule has 9 heteroatoms. The number of likely N-dealkylation sites (N-methyl/N-ethyl adjacent to an activating group) is 1. The van der Waals surface area contributed by atoms with Gasteiger partial charge in [-0.2, -0.15) is 0 Å². The van der Waals surface area contributed by atoms with Gasteiger partial charge in [0.1, 0.15) is 19.8 Å². The number of unbranched alkanes of at least 4 members (excludes halogenated alkanes) is 23. The summed E-state index contributed by atoms with van der Waals surface area (Å²) in [5.74, 6) is -0.337. The Morgan fingerprint density at radius 1 is 0.608 bits per heavy atom. The van der Waals surface area contributed by atoms with Gasteiger partial charge in [-0.3, -0.25) is 13.8 Å². The first kappa shape index (κ1) is 49.8. The van der Waals surface area contributed by atoms with Gasteiger partial charge in [-0.25, -0.2) is 4.57 Å². The van der Waals surface area contributed by atoms with Crippen LogP contribution in [0, 0.1) is 0 Å². The minimum atomic E-state index is -4.28. The lowest BCUT2D eigenvalue weighted by Gasteiger charge is -2.24. The lowest BCUT2D eigenvalue weighted by molar-refractivity contribution is -0.870. The molecule has 0 aromatic heterocycles. The number of ether oxygens (including phenoxy) is 2. The van der Waals surface area contributed by atoms with Crippen molar-refractivity contribution < 1.29 is 37.3 Å². The molecule has 0 aliphatic heterocycles. The highest BCUT2D eigenvalue weighted by molar-refractivity contribution is 7.47. The molecule has 0 aromatic rings. The molecule has 0 aromatic carbocycles. The van der Waals surface area contributed by atoms with E-state index in [1.54, 1.807) is 6.26 Å². The van der Waals surface area contributed by atoms with E-state index < -0.39 is 13.9 Å². The summed E-state index contributed by atoms with van der Waals surface area (Å²) in [6, 6.07) is 0. The van der Waals surface area contributed by atoms with Crippen LogP contribution in [-0.4, -0.2) is 69.0 Å². The summed E-state index contributed by atoms with van der Waals surface area (Å²) in [5.41, 5.74) is 0. The molecule has 0 amide bonds. The molecule has 0 fully saturated rings. The third-order valence-electron chi connectivity index (χ3n) is 9.08. The number of quaternary nitrogens is 1. The molecule has 0 aliphatic carbocycles. The highest BCUT2D eigenvalue weighted by atomic mass is 31.2. The second-order valence-corrected chi connectivity index (χ2v) is 16.9. The van der Waals surface area contributed by atoms with Crippen LogP contribution in [0.1, 0.15) is 187 Å². The Morgan fingerprint density at radius 2 is 1.04 bits per heavy atom. The SMILES string of the molecule is CCCCCC/C=C\CCCCCCCC/C=C\OC[C@H](COP(=O)(O)OCC[N+](C)(C)C)OC(=O)CCCCCCCCCCCCCCC. The molecule has 2 atom stereocenters. The smallest absolute Gasteiger partial charge is 0.472 e. The molecule has 0 aliphatic rings. The number of hydrogen-bond donors (Lipinski definition) is 1. The first-order chi connectivity index (χ1) is 24.6. The summed E-state index contributed by atoms with van der Waals surface area (Å²) in [6.07, 6.45) is 40.1. The van der Waals surface area contributed by atoms with Crippen LogP contribution in [0.5, 0.6) is 0 Å². The molecule has 0 spiro atoms. The first-order valence-corrected chi connectivity index (χ1v) is 22.6. The Balaban J connectivity index is 4.30. The van der Waals surface area contributed by atoms with Gasteiger partial charge in [0.2, 0.25) is 0 Å². The van der Waals surface area contributed by atoms with Crippen molar-refractivity contribution in [2.24, 2.45) is 0 Å². The summed E-state index contributed by atoms with van der Waals surface area (Å²) in [4.78, 5) is 22.8. The fraction of sp³-hybridized carbons (Fsp3) is 0.881. The van der Waals surface area contributed by atoms with Crippen molar-refractivity contribution in [2.75, 3.05) is 47.5 Å². The number of rotatable bonds is 39. The molecule has 0 bridgehead atoms. The summed E-state index contributed by atoms with van der Waals surface area (Å²) < 4.78 is 34.7. The Labute approximate surface area is 315 Å². The molecule has 1 unspecified atom stereocenters. The summed E-state index contributed by atoms with van der Waals surface area (Å²) >= 11 is 0. The number of carbonyl (C=O) groups excluding carboxylic acids is 1. The van der Waals surface area contributed by atoms with Crippen LogP contribution in [0.3, 0.4) is 0 Å². The second-order valence-electron chi connectivity index (χ2n) is 15.4. The Kier molecular flexibility index (Phi) is 35.0. The van der Waals surface area contributed by atoms with Gasteiger partial charge in [0.15, 0.2) is 6.10 Å². The van der Waals surface area contributed by atoms with E-state index in [1.165, 1.54) is 135 Å². The van der Waals surface area contributed by atoms with Gasteiger partial charge in [-0.1, -0.05) is 148 Å². The van der Waals surface area contributed by atoms with Crippen molar-refractivity contribution in [3.05, 3.63) is 24.5 Å². The van der Waals surface area contributed by atoms with Gasteiger partial charge in [0.05, 0.1) is 34.0 Å². The van der Waals surface area contributed by atoms with E-state index in [4.69, 9.17) is 18.5 Å². The predicted octanol–water partition coefficient (Wildman–Crippen LogP) is 12.4. The zero-order valence-corrected chi connectivity index (χ0v) is 35.0. The van der Waals surface area contributed by atoms with Crippen molar-refractivity contribution in [3.8, 4) is 0 Å². The average molecular weight is 745 g/mol. The van der Waals surface area contributed by atoms with Crippen molar-refractivity contribution in [2.45, 2.75) is 193 Å². The van der Waals surface area contributed by atoms with Crippen molar-refractivity contribution in [1.82, 2.24) is 0 Å². The molecule has 0 heterocycles. The maximum Gasteiger partial charge on any atom is 0.472 e. The van der Waals surface area contributed by atoms with E-state index in [0.29, 0.717) is 17.4 Å². The monoisotopic (exact) mass is 745 g/mol. The quantitative estimate of drug-likeness (QED) is 0.0167. The lowest BCUT2D eigenvalue weighted by atomic mass is 10.0. The van der Waals surface area contributed by atoms with Gasteiger partial charge in [0.25, 0.3) is 0 Å². The van der Waals surface area contributed by atoms with E-state index in [-0.39, 0.29) is 25.8 Å². The van der Waals surface area contributed by atoms with Gasteiger partial charge < -0.3 is 18.9 Å². The maximum atomic E-state index is 12.6. The number of hydrogen-bond acceptors (Lipinski definition) is 6. The van der Waals surface area contributed by atoms with E-state index in [1.807, 2.05) is 27.2 Å². The fourth-order valence-electron chi connectivity index (χ4n) is 5.75. The zero-order valence-electron chi connectivity index (χ0n) is 34.1. The average Bonchev–Trinajstić information content (AvgIpc) is 3.08. The van der Waals surface area contributed by atoms with E-state index in [0.717, 1.165) is 32.1 Å².